The maximum Gasteiger partial charge on any atom is 0.339 e. The summed E-state index contributed by atoms with van der Waals surface area (Å²) in [5, 5.41) is 6.39. The zero-order valence-corrected chi connectivity index (χ0v) is 21.6. The van der Waals surface area contributed by atoms with E-state index in [1.165, 1.54) is 56.6 Å². The van der Waals surface area contributed by atoms with Gasteiger partial charge in [0.2, 0.25) is 11.7 Å². The first-order valence-corrected chi connectivity index (χ1v) is 12.5. The molecular formula is C23H19BrClN3O6S. The number of nitrogens with zero attached hydrogens (tertiary/aromatic N) is 1. The second-order valence-electron chi connectivity index (χ2n) is 6.99. The quantitative estimate of drug-likeness (QED) is 0.228. The zero-order chi connectivity index (χ0) is 25.6. The number of hydrazone groups is 1. The summed E-state index contributed by atoms with van der Waals surface area (Å²) in [6.45, 7) is 1.34. The number of rotatable bonds is 8. The molecule has 3 aromatic rings. The Kier molecular flexibility index (Phi) is 8.49. The Balaban J connectivity index is 1.77. The summed E-state index contributed by atoms with van der Waals surface area (Å²) < 4.78 is 36.7. The Bertz CT molecular complexity index is 1390. The van der Waals surface area contributed by atoms with E-state index in [-0.39, 0.29) is 27.3 Å². The number of anilines is 1. The van der Waals surface area contributed by atoms with E-state index in [9.17, 15) is 18.0 Å². The minimum atomic E-state index is -4.26. The van der Waals surface area contributed by atoms with E-state index in [2.05, 4.69) is 31.8 Å². The average molecular weight is 581 g/mol. The molecule has 3 rings (SSSR count). The highest BCUT2D eigenvalue weighted by atomic mass is 79.9. The number of methoxy groups -OCH3 is 1. The van der Waals surface area contributed by atoms with Gasteiger partial charge in [0, 0.05) is 22.6 Å². The monoisotopic (exact) mass is 579 g/mol. The Morgan fingerprint density at radius 2 is 1.80 bits per heavy atom. The summed E-state index contributed by atoms with van der Waals surface area (Å²) in [6, 6.07) is 15.1. The number of amides is 2. The molecule has 0 aromatic heterocycles. The van der Waals surface area contributed by atoms with Crippen LogP contribution in [0.5, 0.6) is 11.5 Å². The van der Waals surface area contributed by atoms with Gasteiger partial charge in [-0.1, -0.05) is 33.6 Å². The number of hydrogen-bond donors (Lipinski definition) is 2. The molecule has 0 aliphatic heterocycles. The Morgan fingerprint density at radius 3 is 2.43 bits per heavy atom. The van der Waals surface area contributed by atoms with Gasteiger partial charge in [-0.25, -0.2) is 5.43 Å². The van der Waals surface area contributed by atoms with Crippen LogP contribution in [0.3, 0.4) is 0 Å². The van der Waals surface area contributed by atoms with E-state index in [0.29, 0.717) is 16.8 Å². The van der Waals surface area contributed by atoms with E-state index in [1.54, 1.807) is 24.3 Å². The van der Waals surface area contributed by atoms with Gasteiger partial charge >= 0.3 is 10.1 Å². The summed E-state index contributed by atoms with van der Waals surface area (Å²) >= 11 is 9.57. The normalized spacial score (nSPS) is 11.2. The van der Waals surface area contributed by atoms with Crippen LogP contribution in [0.25, 0.3) is 0 Å². The number of carbonyl (C=O) groups excluding carboxylic acids is 2. The third kappa shape index (κ3) is 7.04. The van der Waals surface area contributed by atoms with Crippen LogP contribution in [0.2, 0.25) is 5.02 Å². The molecular weight excluding hydrogens is 562 g/mol. The van der Waals surface area contributed by atoms with Gasteiger partial charge in [-0.15, -0.1) is 0 Å². The molecule has 182 valence electrons. The Morgan fingerprint density at radius 1 is 1.09 bits per heavy atom. The summed E-state index contributed by atoms with van der Waals surface area (Å²) in [6.07, 6.45) is 1.32. The number of nitrogens with one attached hydrogen (secondary N) is 2. The molecule has 0 saturated heterocycles. The molecule has 0 saturated carbocycles. The van der Waals surface area contributed by atoms with E-state index in [0.717, 1.165) is 4.47 Å². The van der Waals surface area contributed by atoms with E-state index in [4.69, 9.17) is 20.5 Å². The fourth-order valence-electron chi connectivity index (χ4n) is 2.82. The van der Waals surface area contributed by atoms with Gasteiger partial charge < -0.3 is 14.2 Å². The Hall–Kier alpha value is -3.41. The van der Waals surface area contributed by atoms with E-state index < -0.39 is 16.0 Å². The van der Waals surface area contributed by atoms with Crippen molar-refractivity contribution < 1.29 is 26.9 Å². The second-order valence-corrected chi connectivity index (χ2v) is 9.86. The van der Waals surface area contributed by atoms with Gasteiger partial charge in [0.25, 0.3) is 5.91 Å². The van der Waals surface area contributed by atoms with E-state index in [1.807, 2.05) is 0 Å². The summed E-state index contributed by atoms with van der Waals surface area (Å²) in [4.78, 5) is 23.2. The van der Waals surface area contributed by atoms with Crippen LogP contribution in [0.4, 0.5) is 5.69 Å². The molecule has 0 bridgehead atoms. The number of carbonyl (C=O) groups is 2. The minimum Gasteiger partial charge on any atom is -0.493 e. The molecule has 12 heteroatoms. The fraction of sp³-hybridized carbons (Fsp3) is 0.0870. The highest BCUT2D eigenvalue weighted by Gasteiger charge is 2.22. The topological polar surface area (TPSA) is 123 Å². The number of halogens is 2. The molecule has 2 N–H and O–H groups in total. The SMILES string of the molecule is COc1cc(/C=N\NC(=O)c2cccc(Br)c2)cc(Cl)c1OS(=O)(=O)c1ccc(NC(C)=O)cc1. The highest BCUT2D eigenvalue weighted by molar-refractivity contribution is 9.10. The van der Waals surface area contributed by atoms with Crippen LogP contribution < -0.4 is 19.7 Å². The molecule has 2 amide bonds. The molecule has 0 spiro atoms. The molecule has 9 nitrogen and oxygen atoms in total. The molecule has 0 fully saturated rings. The van der Waals surface area contributed by atoms with Crippen LogP contribution in [0.1, 0.15) is 22.8 Å². The lowest BCUT2D eigenvalue weighted by molar-refractivity contribution is -0.114. The lowest BCUT2D eigenvalue weighted by atomic mass is 10.2. The van der Waals surface area contributed by atoms with Crippen LogP contribution in [-0.4, -0.2) is 33.6 Å². The predicted octanol–water partition coefficient (Wildman–Crippen LogP) is 4.60. The van der Waals surface area contributed by atoms with Crippen molar-refractivity contribution >= 4 is 61.4 Å². The molecule has 0 atom stereocenters. The van der Waals surface area contributed by atoms with Crippen LogP contribution in [-0.2, 0) is 14.9 Å². The first-order valence-electron chi connectivity index (χ1n) is 9.87. The number of ether oxygens (including phenoxy) is 1. The number of benzene rings is 3. The predicted molar refractivity (Wildman–Crippen MR) is 136 cm³/mol. The molecule has 0 radical (unpaired) electrons. The van der Waals surface area contributed by atoms with E-state index >= 15 is 0 Å². The van der Waals surface area contributed by atoms with Crippen LogP contribution in [0.15, 0.2) is 75.1 Å². The van der Waals surface area contributed by atoms with Crippen molar-refractivity contribution in [3.63, 3.8) is 0 Å². The lowest BCUT2D eigenvalue weighted by Crippen LogP contribution is -2.17. The van der Waals surface area contributed by atoms with Crippen LogP contribution in [0, 0.1) is 0 Å². The van der Waals surface area contributed by atoms with Crippen molar-refractivity contribution in [2.24, 2.45) is 5.10 Å². The van der Waals surface area contributed by atoms with Crippen molar-refractivity contribution in [3.8, 4) is 11.5 Å². The van der Waals surface area contributed by atoms with Crippen molar-refractivity contribution in [1.29, 1.82) is 0 Å². The van der Waals surface area contributed by atoms with Crippen molar-refractivity contribution in [2.45, 2.75) is 11.8 Å². The summed E-state index contributed by atoms with van der Waals surface area (Å²) in [5.74, 6) is -0.882. The van der Waals surface area contributed by atoms with Gasteiger partial charge in [0.1, 0.15) is 4.90 Å². The third-order valence-corrected chi connectivity index (χ3v) is 6.38. The van der Waals surface area contributed by atoms with Gasteiger partial charge in [0.15, 0.2) is 5.75 Å². The standard InChI is InChI=1S/C23H19BrClN3O6S/c1-14(29)27-18-6-8-19(9-7-18)35(31,32)34-22-20(25)10-15(11-21(22)33-2)13-26-28-23(30)16-4-3-5-17(24)12-16/h3-13H,1-2H3,(H,27,29)(H,28,30)/b26-13-. The molecule has 0 heterocycles. The molecule has 0 aliphatic rings. The number of hydrogen-bond acceptors (Lipinski definition) is 7. The molecule has 0 aliphatic carbocycles. The first-order chi connectivity index (χ1) is 16.6. The summed E-state index contributed by atoms with van der Waals surface area (Å²) in [7, 11) is -2.94. The summed E-state index contributed by atoms with van der Waals surface area (Å²) in [5.41, 5.74) is 3.66. The molecule has 0 unspecified atom stereocenters. The largest absolute Gasteiger partial charge is 0.493 e. The second kappa shape index (κ2) is 11.3. The fourth-order valence-corrected chi connectivity index (χ4v) is 4.48. The van der Waals surface area contributed by atoms with Crippen molar-refractivity contribution in [1.82, 2.24) is 5.43 Å². The van der Waals surface area contributed by atoms with Gasteiger partial charge in [-0.2, -0.15) is 13.5 Å². The minimum absolute atomic E-state index is 0.0377. The van der Waals surface area contributed by atoms with Crippen molar-refractivity contribution in [3.05, 3.63) is 81.3 Å². The molecule has 3 aromatic carbocycles. The average Bonchev–Trinajstić information content (AvgIpc) is 2.80. The maximum absolute atomic E-state index is 12.7. The van der Waals surface area contributed by atoms with Gasteiger partial charge in [-0.3, -0.25) is 9.59 Å². The Labute approximate surface area is 215 Å². The smallest absolute Gasteiger partial charge is 0.339 e. The highest BCUT2D eigenvalue weighted by Crippen LogP contribution is 2.38. The van der Waals surface area contributed by atoms with Gasteiger partial charge in [-0.05, 0) is 60.2 Å². The van der Waals surface area contributed by atoms with Crippen molar-refractivity contribution in [2.75, 3.05) is 12.4 Å². The molecule has 35 heavy (non-hydrogen) atoms. The van der Waals surface area contributed by atoms with Crippen LogP contribution >= 0.6 is 27.5 Å². The van der Waals surface area contributed by atoms with Gasteiger partial charge in [0.05, 0.1) is 18.3 Å². The lowest BCUT2D eigenvalue weighted by Gasteiger charge is -2.13. The third-order valence-electron chi connectivity index (χ3n) is 4.37. The first kappa shape index (κ1) is 26.2. The zero-order valence-electron chi connectivity index (χ0n) is 18.4. The maximum atomic E-state index is 12.7.